The number of para-hydroxylation sites is 1. The topological polar surface area (TPSA) is 3.88 Å². The maximum Gasteiger partial charge on any atom is 0.416 e. The van der Waals surface area contributed by atoms with Crippen molar-refractivity contribution < 1.29 is 30.9 Å². The van der Waals surface area contributed by atoms with Crippen LogP contribution in [0.5, 0.6) is 0 Å². The van der Waals surface area contributed by atoms with Gasteiger partial charge in [0.05, 0.1) is 21.6 Å². The van der Waals surface area contributed by atoms with Gasteiger partial charge in [0.15, 0.2) is 0 Å². The van der Waals surface area contributed by atoms with Gasteiger partial charge in [-0.2, -0.15) is 30.9 Å². The molecule has 0 fully saturated rings. The summed E-state index contributed by atoms with van der Waals surface area (Å²) in [7, 11) is 0. The molecule has 0 saturated heterocycles. The molecule has 1 aliphatic carbocycles. The van der Waals surface area contributed by atoms with Gasteiger partial charge < -0.3 is 0 Å². The summed E-state index contributed by atoms with van der Waals surface area (Å²) < 4.78 is 82.1. The van der Waals surface area contributed by atoms with Crippen LogP contribution in [0.2, 0.25) is 0 Å². The number of rotatable bonds is 2. The second kappa shape index (κ2) is 7.41. The maximum atomic E-state index is 13.4. The van der Waals surface area contributed by atoms with Crippen molar-refractivity contribution in [1.29, 1.82) is 0 Å². The van der Waals surface area contributed by atoms with Crippen molar-refractivity contribution in [2.24, 2.45) is 0 Å². The summed E-state index contributed by atoms with van der Waals surface area (Å²) in [5.74, 6) is 0. The molecule has 0 spiro atoms. The lowest BCUT2D eigenvalue weighted by molar-refractivity contribution is -0.599. The first-order chi connectivity index (χ1) is 14.1. The van der Waals surface area contributed by atoms with Crippen LogP contribution in [0, 0.1) is 6.92 Å². The molecule has 0 bridgehead atoms. The van der Waals surface area contributed by atoms with Crippen LogP contribution in [-0.2, 0) is 25.2 Å². The van der Waals surface area contributed by atoms with E-state index in [-0.39, 0.29) is 11.6 Å². The van der Waals surface area contributed by atoms with E-state index in [0.717, 1.165) is 49.1 Å². The molecular weight excluding hydrogens is 424 g/mol. The second-order valence-corrected chi connectivity index (χ2v) is 8.38. The van der Waals surface area contributed by atoms with E-state index in [4.69, 9.17) is 0 Å². The SMILES string of the molecule is Cc1cccc(-c2cc(C(F)(F)F)cc(C(F)(F)F)c2)c1-[n+]1csc2c1CCCC2. The standard InChI is InChI=1S/C22H18F6NS/c1-13-5-4-6-17(20(13)29-12-30-19-8-3-2-7-18(19)29)14-9-15(21(23,24)25)11-16(10-14)22(26,27)28/h4-6,9-12H,2-3,7-8H2,1H3/q+1. The molecule has 0 saturated carbocycles. The predicted octanol–water partition coefficient (Wildman–Crippen LogP) is 6.92. The van der Waals surface area contributed by atoms with Crippen molar-refractivity contribution in [3.05, 3.63) is 69.2 Å². The molecular formula is C22H18F6NS+. The summed E-state index contributed by atoms with van der Waals surface area (Å²) in [4.78, 5) is 1.22. The number of fused-ring (bicyclic) bond motifs is 1. The normalized spacial score (nSPS) is 14.6. The van der Waals surface area contributed by atoms with Crippen molar-refractivity contribution in [2.75, 3.05) is 0 Å². The molecule has 0 amide bonds. The van der Waals surface area contributed by atoms with E-state index in [2.05, 4.69) is 0 Å². The van der Waals surface area contributed by atoms with E-state index < -0.39 is 23.5 Å². The Morgan fingerprint density at radius 1 is 0.867 bits per heavy atom. The third-order valence-corrected chi connectivity index (χ3v) is 6.40. The first-order valence-electron chi connectivity index (χ1n) is 9.46. The highest BCUT2D eigenvalue weighted by Crippen LogP contribution is 2.40. The van der Waals surface area contributed by atoms with Gasteiger partial charge in [0.2, 0.25) is 16.9 Å². The molecule has 30 heavy (non-hydrogen) atoms. The average Bonchev–Trinajstić information content (AvgIpc) is 3.10. The summed E-state index contributed by atoms with van der Waals surface area (Å²) in [5.41, 5.74) is 2.04. The Balaban J connectivity index is 1.97. The zero-order chi connectivity index (χ0) is 21.7. The van der Waals surface area contributed by atoms with Crippen LogP contribution in [0.1, 0.15) is 40.1 Å². The van der Waals surface area contributed by atoms with Crippen LogP contribution in [0.4, 0.5) is 26.3 Å². The Labute approximate surface area is 173 Å². The van der Waals surface area contributed by atoms with E-state index in [9.17, 15) is 26.3 Å². The Hall–Kier alpha value is -2.35. The minimum atomic E-state index is -4.88. The first kappa shape index (κ1) is 20.9. The van der Waals surface area contributed by atoms with Crippen molar-refractivity contribution in [2.45, 2.75) is 45.0 Å². The van der Waals surface area contributed by atoms with Gasteiger partial charge in [-0.15, -0.1) is 0 Å². The van der Waals surface area contributed by atoms with E-state index in [0.29, 0.717) is 11.3 Å². The van der Waals surface area contributed by atoms with Crippen LogP contribution in [0.3, 0.4) is 0 Å². The number of aryl methyl sites for hydroxylation is 2. The van der Waals surface area contributed by atoms with E-state index in [1.54, 1.807) is 23.5 Å². The lowest BCUT2D eigenvalue weighted by atomic mass is 9.95. The van der Waals surface area contributed by atoms with Gasteiger partial charge in [-0.3, -0.25) is 0 Å². The predicted molar refractivity (Wildman–Crippen MR) is 103 cm³/mol. The molecule has 1 aromatic heterocycles. The Morgan fingerprint density at radius 2 is 1.50 bits per heavy atom. The Morgan fingerprint density at radius 3 is 2.13 bits per heavy atom. The average molecular weight is 442 g/mol. The molecule has 0 atom stereocenters. The number of aromatic nitrogens is 1. The second-order valence-electron chi connectivity index (χ2n) is 7.44. The highest BCUT2D eigenvalue weighted by Gasteiger charge is 2.38. The van der Waals surface area contributed by atoms with Gasteiger partial charge in [-0.05, 0) is 56.0 Å². The third kappa shape index (κ3) is 3.85. The molecule has 2 aromatic carbocycles. The number of thiazole rings is 1. The Kier molecular flexibility index (Phi) is 5.16. The summed E-state index contributed by atoms with van der Waals surface area (Å²) >= 11 is 1.58. The third-order valence-electron chi connectivity index (χ3n) is 5.36. The summed E-state index contributed by atoms with van der Waals surface area (Å²) in [6.07, 6.45) is -5.90. The molecule has 0 unspecified atom stereocenters. The van der Waals surface area contributed by atoms with Crippen LogP contribution in [-0.4, -0.2) is 0 Å². The van der Waals surface area contributed by atoms with Crippen molar-refractivity contribution in [3.63, 3.8) is 0 Å². The van der Waals surface area contributed by atoms with Crippen LogP contribution in [0.25, 0.3) is 16.8 Å². The fourth-order valence-electron chi connectivity index (χ4n) is 3.93. The van der Waals surface area contributed by atoms with Gasteiger partial charge in [0.1, 0.15) is 0 Å². The maximum absolute atomic E-state index is 13.4. The monoisotopic (exact) mass is 442 g/mol. The van der Waals surface area contributed by atoms with E-state index in [1.165, 1.54) is 4.88 Å². The van der Waals surface area contributed by atoms with Gasteiger partial charge >= 0.3 is 12.4 Å². The number of benzene rings is 2. The lowest BCUT2D eigenvalue weighted by Crippen LogP contribution is -2.35. The molecule has 1 heterocycles. The van der Waals surface area contributed by atoms with Crippen molar-refractivity contribution >= 4 is 11.3 Å². The van der Waals surface area contributed by atoms with Crippen LogP contribution in [0.15, 0.2) is 41.9 Å². The van der Waals surface area contributed by atoms with Gasteiger partial charge in [0, 0.05) is 12.0 Å². The molecule has 0 aliphatic heterocycles. The quantitative estimate of drug-likeness (QED) is 0.300. The summed E-state index contributed by atoms with van der Waals surface area (Å²) in [5, 5.41) is 0. The Bertz CT molecular complexity index is 1060. The minimum Gasteiger partial charge on any atom is -0.166 e. The van der Waals surface area contributed by atoms with Crippen LogP contribution >= 0.6 is 11.3 Å². The molecule has 3 aromatic rings. The number of hydrogen-bond acceptors (Lipinski definition) is 1. The molecule has 8 heteroatoms. The van der Waals surface area contributed by atoms with Gasteiger partial charge in [-0.1, -0.05) is 23.5 Å². The molecule has 0 N–H and O–H groups in total. The lowest BCUT2D eigenvalue weighted by Gasteiger charge is -2.16. The van der Waals surface area contributed by atoms with Crippen molar-refractivity contribution in [1.82, 2.24) is 0 Å². The first-order valence-corrected chi connectivity index (χ1v) is 10.3. The number of alkyl halides is 6. The fraction of sp³-hybridized carbons (Fsp3) is 0.318. The molecule has 4 rings (SSSR count). The van der Waals surface area contributed by atoms with Gasteiger partial charge in [-0.25, -0.2) is 0 Å². The van der Waals surface area contributed by atoms with Crippen LogP contribution < -0.4 is 4.57 Å². The summed E-state index contributed by atoms with van der Waals surface area (Å²) in [6, 6.07) is 6.81. The highest BCUT2D eigenvalue weighted by molar-refractivity contribution is 7.09. The number of nitrogens with zero attached hydrogens (tertiary/aromatic N) is 1. The zero-order valence-corrected chi connectivity index (χ0v) is 16.8. The molecule has 0 radical (unpaired) electrons. The largest absolute Gasteiger partial charge is 0.416 e. The summed E-state index contributed by atoms with van der Waals surface area (Å²) in [6.45, 7) is 1.82. The molecule has 1 aliphatic rings. The highest BCUT2D eigenvalue weighted by atomic mass is 32.1. The smallest absolute Gasteiger partial charge is 0.166 e. The van der Waals surface area contributed by atoms with E-state index >= 15 is 0 Å². The zero-order valence-electron chi connectivity index (χ0n) is 16.0. The number of halogens is 6. The molecule has 1 nitrogen and oxygen atoms in total. The number of hydrogen-bond donors (Lipinski definition) is 0. The minimum absolute atomic E-state index is 0.0980. The van der Waals surface area contributed by atoms with E-state index in [1.807, 2.05) is 23.1 Å². The fourth-order valence-corrected chi connectivity index (χ4v) is 5.00. The molecule has 158 valence electrons. The van der Waals surface area contributed by atoms with Crippen molar-refractivity contribution in [3.8, 4) is 16.8 Å². The van der Waals surface area contributed by atoms with Gasteiger partial charge in [0.25, 0.3) is 0 Å².